The molecule has 0 spiro atoms. The van der Waals surface area contributed by atoms with E-state index in [1.165, 1.54) is 0 Å². The minimum absolute atomic E-state index is 0.00139. The van der Waals surface area contributed by atoms with Gasteiger partial charge in [0.1, 0.15) is 17.6 Å². The lowest BCUT2D eigenvalue weighted by Crippen LogP contribution is -2.31. The molecule has 0 radical (unpaired) electrons. The lowest BCUT2D eigenvalue weighted by atomic mass is 10.1. The van der Waals surface area contributed by atoms with Crippen LogP contribution in [0.2, 0.25) is 0 Å². The molecule has 1 saturated heterocycles. The molecule has 1 fully saturated rings. The first-order valence-corrected chi connectivity index (χ1v) is 7.01. The Bertz CT molecular complexity index is 479. The van der Waals surface area contributed by atoms with E-state index < -0.39 is 12.1 Å². The number of benzene rings is 1. The van der Waals surface area contributed by atoms with E-state index in [0.717, 1.165) is 0 Å². The third-order valence-corrected chi connectivity index (χ3v) is 3.59. The summed E-state index contributed by atoms with van der Waals surface area (Å²) in [6.45, 7) is 1.15. The van der Waals surface area contributed by atoms with Gasteiger partial charge < -0.3 is 19.7 Å². The summed E-state index contributed by atoms with van der Waals surface area (Å²) in [5.74, 6) is 0.491. The van der Waals surface area contributed by atoms with Crippen molar-refractivity contribution in [3.05, 3.63) is 24.3 Å². The molecule has 1 aliphatic rings. The number of carbonyl (C=O) groups is 1. The van der Waals surface area contributed by atoms with Crippen LogP contribution in [-0.4, -0.2) is 60.0 Å². The fourth-order valence-corrected chi connectivity index (χ4v) is 2.45. The second kappa shape index (κ2) is 7.28. The van der Waals surface area contributed by atoms with Crippen molar-refractivity contribution in [1.82, 2.24) is 4.90 Å². The number of aliphatic carboxylic acids is 1. The van der Waals surface area contributed by atoms with Crippen LogP contribution in [0, 0.1) is 0 Å². The first-order valence-electron chi connectivity index (χ1n) is 7.01. The van der Waals surface area contributed by atoms with Gasteiger partial charge in [0.05, 0.1) is 19.8 Å². The molecule has 0 aliphatic carbocycles. The molecular weight excluding hydrogens is 274 g/mol. The maximum atomic E-state index is 10.8. The predicted octanol–water partition coefficient (Wildman–Crippen LogP) is 0.984. The molecule has 2 N–H and O–H groups in total. The lowest BCUT2D eigenvalue weighted by molar-refractivity contribution is -0.138. The van der Waals surface area contributed by atoms with Crippen LogP contribution in [0.1, 0.15) is 12.8 Å². The fourth-order valence-electron chi connectivity index (χ4n) is 2.45. The molecule has 116 valence electrons. The van der Waals surface area contributed by atoms with E-state index in [0.29, 0.717) is 37.4 Å². The SMILES string of the molecule is COc1cccc(O[C@H]2CCN(CC(=O)O)CC[C@@H]2O)c1. The molecule has 2 atom stereocenters. The highest BCUT2D eigenvalue weighted by Gasteiger charge is 2.27. The molecule has 2 rings (SSSR count). The van der Waals surface area contributed by atoms with Gasteiger partial charge in [-0.05, 0) is 25.0 Å². The van der Waals surface area contributed by atoms with E-state index in [4.69, 9.17) is 14.6 Å². The number of aliphatic hydroxyl groups excluding tert-OH is 1. The van der Waals surface area contributed by atoms with Crippen molar-refractivity contribution in [3.8, 4) is 11.5 Å². The van der Waals surface area contributed by atoms with Crippen molar-refractivity contribution in [3.63, 3.8) is 0 Å². The van der Waals surface area contributed by atoms with Crippen LogP contribution in [0.3, 0.4) is 0 Å². The zero-order valence-corrected chi connectivity index (χ0v) is 12.1. The monoisotopic (exact) mass is 295 g/mol. The lowest BCUT2D eigenvalue weighted by Gasteiger charge is -2.22. The highest BCUT2D eigenvalue weighted by molar-refractivity contribution is 5.69. The van der Waals surface area contributed by atoms with E-state index in [-0.39, 0.29) is 12.6 Å². The standard InChI is InChI=1S/C15H21NO5/c1-20-11-3-2-4-12(9-11)21-14-6-8-16(10-15(18)19)7-5-13(14)17/h2-4,9,13-14,17H,5-8,10H2,1H3,(H,18,19)/t13-,14-/m0/s1. The summed E-state index contributed by atoms with van der Waals surface area (Å²) in [5.41, 5.74) is 0. The molecule has 6 nitrogen and oxygen atoms in total. The Kier molecular flexibility index (Phi) is 5.41. The van der Waals surface area contributed by atoms with Gasteiger partial charge in [0.25, 0.3) is 0 Å². The number of rotatable bonds is 5. The van der Waals surface area contributed by atoms with Gasteiger partial charge in [-0.25, -0.2) is 0 Å². The van der Waals surface area contributed by atoms with Gasteiger partial charge in [0.15, 0.2) is 0 Å². The summed E-state index contributed by atoms with van der Waals surface area (Å²) in [6.07, 6.45) is 0.152. The molecule has 0 amide bonds. The van der Waals surface area contributed by atoms with E-state index in [1.807, 2.05) is 23.1 Å². The molecule has 1 aromatic rings. The van der Waals surface area contributed by atoms with Crippen molar-refractivity contribution in [1.29, 1.82) is 0 Å². The van der Waals surface area contributed by atoms with Crippen LogP contribution in [0.25, 0.3) is 0 Å². The summed E-state index contributed by atoms with van der Waals surface area (Å²) in [5, 5.41) is 19.0. The van der Waals surface area contributed by atoms with Crippen molar-refractivity contribution < 1.29 is 24.5 Å². The topological polar surface area (TPSA) is 79.2 Å². The average molecular weight is 295 g/mol. The highest BCUT2D eigenvalue weighted by Crippen LogP contribution is 2.23. The Labute approximate surface area is 123 Å². The Morgan fingerprint density at radius 2 is 2.05 bits per heavy atom. The molecule has 0 aromatic heterocycles. The third-order valence-electron chi connectivity index (χ3n) is 3.59. The van der Waals surface area contributed by atoms with Crippen LogP contribution in [0.5, 0.6) is 11.5 Å². The molecule has 0 bridgehead atoms. The van der Waals surface area contributed by atoms with Gasteiger partial charge in [-0.15, -0.1) is 0 Å². The number of nitrogens with zero attached hydrogens (tertiary/aromatic N) is 1. The predicted molar refractivity (Wildman–Crippen MR) is 76.7 cm³/mol. The van der Waals surface area contributed by atoms with Gasteiger partial charge in [-0.3, -0.25) is 9.69 Å². The van der Waals surface area contributed by atoms with Crippen molar-refractivity contribution >= 4 is 5.97 Å². The molecular formula is C15H21NO5. The summed E-state index contributed by atoms with van der Waals surface area (Å²) >= 11 is 0. The van der Waals surface area contributed by atoms with Crippen LogP contribution in [0.15, 0.2) is 24.3 Å². The first kappa shape index (κ1) is 15.6. The smallest absolute Gasteiger partial charge is 0.317 e. The molecule has 1 aromatic carbocycles. The Morgan fingerprint density at radius 3 is 2.76 bits per heavy atom. The molecule has 21 heavy (non-hydrogen) atoms. The highest BCUT2D eigenvalue weighted by atomic mass is 16.5. The quantitative estimate of drug-likeness (QED) is 0.843. The summed E-state index contributed by atoms with van der Waals surface area (Å²) in [7, 11) is 1.59. The first-order chi connectivity index (χ1) is 10.1. The number of carboxylic acid groups (broad SMARTS) is 1. The maximum Gasteiger partial charge on any atom is 0.317 e. The number of ether oxygens (including phenoxy) is 2. The van der Waals surface area contributed by atoms with Gasteiger partial charge in [0.2, 0.25) is 0 Å². The normalized spacial score (nSPS) is 23.3. The summed E-state index contributed by atoms with van der Waals surface area (Å²) in [4.78, 5) is 12.6. The Morgan fingerprint density at radius 1 is 1.33 bits per heavy atom. The van der Waals surface area contributed by atoms with Gasteiger partial charge in [-0.2, -0.15) is 0 Å². The number of methoxy groups -OCH3 is 1. The number of hydrogen-bond acceptors (Lipinski definition) is 5. The van der Waals surface area contributed by atoms with Crippen LogP contribution < -0.4 is 9.47 Å². The molecule has 0 unspecified atom stereocenters. The fraction of sp³-hybridized carbons (Fsp3) is 0.533. The third kappa shape index (κ3) is 4.61. The number of hydrogen-bond donors (Lipinski definition) is 2. The second-order valence-corrected chi connectivity index (χ2v) is 5.15. The van der Waals surface area contributed by atoms with Crippen LogP contribution in [0.4, 0.5) is 0 Å². The number of carboxylic acids is 1. The zero-order valence-electron chi connectivity index (χ0n) is 12.1. The largest absolute Gasteiger partial charge is 0.497 e. The summed E-state index contributed by atoms with van der Waals surface area (Å²) in [6, 6.07) is 7.24. The van der Waals surface area contributed by atoms with E-state index in [2.05, 4.69) is 0 Å². The molecule has 1 heterocycles. The average Bonchev–Trinajstić information content (AvgIpc) is 2.63. The molecule has 0 saturated carbocycles. The van der Waals surface area contributed by atoms with E-state index in [1.54, 1.807) is 13.2 Å². The van der Waals surface area contributed by atoms with E-state index >= 15 is 0 Å². The Balaban J connectivity index is 1.97. The van der Waals surface area contributed by atoms with Crippen molar-refractivity contribution in [2.24, 2.45) is 0 Å². The van der Waals surface area contributed by atoms with Gasteiger partial charge in [-0.1, -0.05) is 6.07 Å². The molecule has 6 heteroatoms. The molecule has 1 aliphatic heterocycles. The van der Waals surface area contributed by atoms with Gasteiger partial charge >= 0.3 is 5.97 Å². The summed E-state index contributed by atoms with van der Waals surface area (Å²) < 4.78 is 11.0. The number of aliphatic hydroxyl groups is 1. The van der Waals surface area contributed by atoms with Crippen LogP contribution in [-0.2, 0) is 4.79 Å². The number of likely N-dealkylation sites (tertiary alicyclic amines) is 1. The van der Waals surface area contributed by atoms with Crippen LogP contribution >= 0.6 is 0 Å². The van der Waals surface area contributed by atoms with E-state index in [9.17, 15) is 9.90 Å². The maximum absolute atomic E-state index is 10.8. The zero-order chi connectivity index (χ0) is 15.2. The van der Waals surface area contributed by atoms with Crippen molar-refractivity contribution in [2.45, 2.75) is 25.0 Å². The van der Waals surface area contributed by atoms with Gasteiger partial charge in [0, 0.05) is 19.2 Å². The Hall–Kier alpha value is -1.79. The minimum atomic E-state index is -0.850. The van der Waals surface area contributed by atoms with Crippen molar-refractivity contribution in [2.75, 3.05) is 26.7 Å². The second-order valence-electron chi connectivity index (χ2n) is 5.15. The minimum Gasteiger partial charge on any atom is -0.497 e.